The maximum absolute atomic E-state index is 12.3. The number of esters is 1. The standard InChI is InChI=1S/C18H23N3O5S/c1-18(2,3)26-17(24)20-6-4-12(5-7-20)15(23)25-11-13-10-14(22)21-8-9-27-16(21)19-13/h8-10,12H,4-7,11H2,1-3H3. The van der Waals surface area contributed by atoms with Gasteiger partial charge in [-0.1, -0.05) is 0 Å². The van der Waals surface area contributed by atoms with Crippen molar-refractivity contribution < 1.29 is 19.1 Å². The van der Waals surface area contributed by atoms with Crippen LogP contribution in [0.4, 0.5) is 4.79 Å². The van der Waals surface area contributed by atoms with E-state index in [1.54, 1.807) is 16.5 Å². The normalized spacial score (nSPS) is 15.7. The summed E-state index contributed by atoms with van der Waals surface area (Å²) in [6.07, 6.45) is 2.35. The van der Waals surface area contributed by atoms with Gasteiger partial charge in [-0.3, -0.25) is 14.0 Å². The number of fused-ring (bicyclic) bond motifs is 1. The molecule has 8 nitrogen and oxygen atoms in total. The van der Waals surface area contributed by atoms with Crippen molar-refractivity contribution in [2.24, 2.45) is 5.92 Å². The maximum Gasteiger partial charge on any atom is 0.410 e. The summed E-state index contributed by atoms with van der Waals surface area (Å²) in [5, 5.41) is 1.78. The molecule has 0 radical (unpaired) electrons. The predicted molar refractivity (Wildman–Crippen MR) is 99.7 cm³/mol. The molecule has 0 unspecified atom stereocenters. The van der Waals surface area contributed by atoms with Gasteiger partial charge in [0.15, 0.2) is 4.96 Å². The number of thiazole rings is 1. The van der Waals surface area contributed by atoms with Gasteiger partial charge in [0.05, 0.1) is 11.6 Å². The van der Waals surface area contributed by atoms with Gasteiger partial charge in [-0.25, -0.2) is 9.78 Å². The number of hydrogen-bond acceptors (Lipinski definition) is 7. The van der Waals surface area contributed by atoms with Crippen molar-refractivity contribution in [3.8, 4) is 0 Å². The van der Waals surface area contributed by atoms with Crippen molar-refractivity contribution in [2.75, 3.05) is 13.1 Å². The molecule has 1 aliphatic heterocycles. The first-order valence-electron chi connectivity index (χ1n) is 8.83. The monoisotopic (exact) mass is 393 g/mol. The Labute approximate surface area is 160 Å². The zero-order valence-corrected chi connectivity index (χ0v) is 16.5. The molecule has 27 heavy (non-hydrogen) atoms. The number of nitrogens with zero attached hydrogens (tertiary/aromatic N) is 3. The smallest absolute Gasteiger partial charge is 0.410 e. The number of amides is 1. The molecule has 1 amide bonds. The summed E-state index contributed by atoms with van der Waals surface area (Å²) < 4.78 is 12.1. The van der Waals surface area contributed by atoms with Crippen LogP contribution in [0.3, 0.4) is 0 Å². The molecule has 0 aromatic carbocycles. The lowest BCUT2D eigenvalue weighted by molar-refractivity contribution is -0.151. The fraction of sp³-hybridized carbons (Fsp3) is 0.556. The molecule has 0 saturated carbocycles. The van der Waals surface area contributed by atoms with Gasteiger partial charge in [-0.05, 0) is 33.6 Å². The van der Waals surface area contributed by atoms with E-state index >= 15 is 0 Å². The Hall–Kier alpha value is -2.42. The number of likely N-dealkylation sites (tertiary alicyclic amines) is 1. The molecule has 2 aromatic heterocycles. The van der Waals surface area contributed by atoms with Gasteiger partial charge in [0.1, 0.15) is 12.2 Å². The number of hydrogen-bond donors (Lipinski definition) is 0. The molecule has 1 aliphatic rings. The van der Waals surface area contributed by atoms with Crippen LogP contribution in [0, 0.1) is 5.92 Å². The van der Waals surface area contributed by atoms with Crippen LogP contribution in [0.25, 0.3) is 4.96 Å². The van der Waals surface area contributed by atoms with Crippen molar-refractivity contribution in [2.45, 2.75) is 45.8 Å². The molecule has 2 aromatic rings. The molecule has 0 bridgehead atoms. The molecule has 0 aliphatic carbocycles. The second-order valence-electron chi connectivity index (χ2n) is 7.49. The second kappa shape index (κ2) is 7.67. The zero-order chi connectivity index (χ0) is 19.6. The highest BCUT2D eigenvalue weighted by atomic mass is 32.1. The van der Waals surface area contributed by atoms with Crippen LogP contribution < -0.4 is 5.56 Å². The Bertz CT molecular complexity index is 890. The summed E-state index contributed by atoms with van der Waals surface area (Å²) >= 11 is 1.35. The molecule has 3 rings (SSSR count). The molecule has 9 heteroatoms. The number of aromatic nitrogens is 2. The van der Waals surface area contributed by atoms with E-state index in [1.165, 1.54) is 21.8 Å². The van der Waals surface area contributed by atoms with E-state index in [0.29, 0.717) is 36.6 Å². The van der Waals surface area contributed by atoms with Crippen LogP contribution in [-0.4, -0.2) is 45.0 Å². The third kappa shape index (κ3) is 4.85. The number of rotatable bonds is 3. The lowest BCUT2D eigenvalue weighted by atomic mass is 9.97. The minimum atomic E-state index is -0.539. The molecule has 0 spiro atoms. The zero-order valence-electron chi connectivity index (χ0n) is 15.6. The van der Waals surface area contributed by atoms with Gasteiger partial charge in [0.25, 0.3) is 5.56 Å². The van der Waals surface area contributed by atoms with Crippen LogP contribution >= 0.6 is 11.3 Å². The highest BCUT2D eigenvalue weighted by Gasteiger charge is 2.30. The van der Waals surface area contributed by atoms with Gasteiger partial charge in [-0.2, -0.15) is 0 Å². The van der Waals surface area contributed by atoms with E-state index in [-0.39, 0.29) is 30.1 Å². The van der Waals surface area contributed by atoms with E-state index < -0.39 is 5.60 Å². The van der Waals surface area contributed by atoms with Crippen molar-refractivity contribution in [3.63, 3.8) is 0 Å². The first kappa shape index (κ1) is 19.3. The summed E-state index contributed by atoms with van der Waals surface area (Å²) in [4.78, 5) is 42.8. The van der Waals surface area contributed by atoms with E-state index in [4.69, 9.17) is 9.47 Å². The number of piperidine rings is 1. The van der Waals surface area contributed by atoms with Crippen molar-refractivity contribution >= 4 is 28.4 Å². The maximum atomic E-state index is 12.3. The second-order valence-corrected chi connectivity index (χ2v) is 8.36. The summed E-state index contributed by atoms with van der Waals surface area (Å²) in [7, 11) is 0. The Balaban J connectivity index is 1.50. The highest BCUT2D eigenvalue weighted by molar-refractivity contribution is 7.15. The molecule has 1 fully saturated rings. The van der Waals surface area contributed by atoms with Gasteiger partial charge in [-0.15, -0.1) is 11.3 Å². The first-order chi connectivity index (χ1) is 12.7. The van der Waals surface area contributed by atoms with Gasteiger partial charge < -0.3 is 14.4 Å². The average molecular weight is 393 g/mol. The summed E-state index contributed by atoms with van der Waals surface area (Å²) in [6.45, 7) is 6.34. The van der Waals surface area contributed by atoms with Crippen molar-refractivity contribution in [1.29, 1.82) is 0 Å². The van der Waals surface area contributed by atoms with Crippen molar-refractivity contribution in [1.82, 2.24) is 14.3 Å². The fourth-order valence-corrected chi connectivity index (χ4v) is 3.59. The van der Waals surface area contributed by atoms with Crippen LogP contribution in [0.2, 0.25) is 0 Å². The van der Waals surface area contributed by atoms with E-state index in [1.807, 2.05) is 20.8 Å². The Kier molecular flexibility index (Phi) is 5.50. The quantitative estimate of drug-likeness (QED) is 0.744. The third-order valence-electron chi connectivity index (χ3n) is 4.20. The minimum Gasteiger partial charge on any atom is -0.459 e. The summed E-state index contributed by atoms with van der Waals surface area (Å²) in [5.41, 5.74) is -0.303. The first-order valence-corrected chi connectivity index (χ1v) is 9.71. The fourth-order valence-electron chi connectivity index (χ4n) is 2.85. The molecular formula is C18H23N3O5S. The molecule has 3 heterocycles. The number of carbonyl (C=O) groups is 2. The Morgan fingerprint density at radius 2 is 2.00 bits per heavy atom. The summed E-state index contributed by atoms with van der Waals surface area (Å²) in [5.74, 6) is -0.595. The lowest BCUT2D eigenvalue weighted by Crippen LogP contribution is -2.43. The van der Waals surface area contributed by atoms with E-state index in [0.717, 1.165) is 0 Å². The van der Waals surface area contributed by atoms with Crippen LogP contribution in [0.5, 0.6) is 0 Å². The largest absolute Gasteiger partial charge is 0.459 e. The SMILES string of the molecule is CC(C)(C)OC(=O)N1CCC(C(=O)OCc2cc(=O)n3ccsc3n2)CC1. The molecule has 0 atom stereocenters. The van der Waals surface area contributed by atoms with Crippen LogP contribution in [0.15, 0.2) is 22.4 Å². The van der Waals surface area contributed by atoms with Crippen molar-refractivity contribution in [3.05, 3.63) is 33.7 Å². The molecule has 0 N–H and O–H groups in total. The number of carbonyl (C=O) groups excluding carboxylic acids is 2. The Morgan fingerprint density at radius 3 is 2.67 bits per heavy atom. The van der Waals surface area contributed by atoms with Gasteiger partial charge in [0.2, 0.25) is 0 Å². The molecular weight excluding hydrogens is 370 g/mol. The highest BCUT2D eigenvalue weighted by Crippen LogP contribution is 2.21. The summed E-state index contributed by atoms with van der Waals surface area (Å²) in [6, 6.07) is 1.37. The topological polar surface area (TPSA) is 90.2 Å². The van der Waals surface area contributed by atoms with Crippen LogP contribution in [0.1, 0.15) is 39.3 Å². The van der Waals surface area contributed by atoms with Crippen LogP contribution in [-0.2, 0) is 20.9 Å². The third-order valence-corrected chi connectivity index (χ3v) is 4.96. The molecule has 146 valence electrons. The van der Waals surface area contributed by atoms with E-state index in [2.05, 4.69) is 4.98 Å². The van der Waals surface area contributed by atoms with Gasteiger partial charge >= 0.3 is 12.1 Å². The predicted octanol–water partition coefficient (Wildman–Crippen LogP) is 2.45. The lowest BCUT2D eigenvalue weighted by Gasteiger charge is -2.32. The number of ether oxygens (including phenoxy) is 2. The minimum absolute atomic E-state index is 0.0330. The average Bonchev–Trinajstić information content (AvgIpc) is 3.07. The van der Waals surface area contributed by atoms with Gasteiger partial charge in [0, 0.05) is 30.7 Å². The van der Waals surface area contributed by atoms with E-state index in [9.17, 15) is 14.4 Å². The Morgan fingerprint density at radius 1 is 1.30 bits per heavy atom. The molecule has 1 saturated heterocycles.